The molecule has 0 atom stereocenters. The average Bonchev–Trinajstić information content (AvgIpc) is 2.98. The van der Waals surface area contributed by atoms with Gasteiger partial charge < -0.3 is 9.47 Å². The fourth-order valence-electron chi connectivity index (χ4n) is 2.81. The SMILES string of the molecule is CCOc1cc(/C=C2\SC(=S)N(NC(=O)c3ccccc3Cl)C2=O)cc(Br)c1OC(C)C. The van der Waals surface area contributed by atoms with Crippen molar-refractivity contribution < 1.29 is 19.1 Å². The van der Waals surface area contributed by atoms with Gasteiger partial charge in [0.05, 0.1) is 32.7 Å². The van der Waals surface area contributed by atoms with Crippen LogP contribution in [0, 0.1) is 0 Å². The maximum atomic E-state index is 12.9. The van der Waals surface area contributed by atoms with E-state index < -0.39 is 11.8 Å². The van der Waals surface area contributed by atoms with Crippen LogP contribution in [0.4, 0.5) is 0 Å². The molecule has 1 aliphatic heterocycles. The molecule has 1 aliphatic rings. The quantitative estimate of drug-likeness (QED) is 0.342. The summed E-state index contributed by atoms with van der Waals surface area (Å²) in [5.41, 5.74) is 3.49. The number of halogens is 2. The third-order valence-electron chi connectivity index (χ3n) is 4.11. The van der Waals surface area contributed by atoms with Crippen molar-refractivity contribution in [1.82, 2.24) is 10.4 Å². The summed E-state index contributed by atoms with van der Waals surface area (Å²) in [6.07, 6.45) is 1.65. The van der Waals surface area contributed by atoms with Gasteiger partial charge in [-0.3, -0.25) is 15.0 Å². The number of carbonyl (C=O) groups is 2. The predicted molar refractivity (Wildman–Crippen MR) is 135 cm³/mol. The van der Waals surface area contributed by atoms with Gasteiger partial charge >= 0.3 is 0 Å². The van der Waals surface area contributed by atoms with Gasteiger partial charge in [0.1, 0.15) is 0 Å². The molecular weight excluding hydrogens is 536 g/mol. The van der Waals surface area contributed by atoms with Crippen LogP contribution in [0.2, 0.25) is 5.02 Å². The first-order valence-electron chi connectivity index (χ1n) is 9.67. The Morgan fingerprint density at radius 2 is 2.06 bits per heavy atom. The third-order valence-corrected chi connectivity index (χ3v) is 6.33. The molecule has 0 aliphatic carbocycles. The van der Waals surface area contributed by atoms with E-state index in [2.05, 4.69) is 21.4 Å². The first-order valence-corrected chi connectivity index (χ1v) is 12.1. The maximum absolute atomic E-state index is 12.9. The number of thioether (sulfide) groups is 1. The molecule has 1 fully saturated rings. The standard InChI is InChI=1S/C22H20BrClN2O4S2/c1-4-29-17-10-13(9-15(23)19(17)30-12(2)3)11-18-21(28)26(22(31)32-18)25-20(27)14-7-5-6-8-16(14)24/h5-12H,4H2,1-3H3,(H,25,27)/b18-11-. The number of nitrogens with zero attached hydrogens (tertiary/aromatic N) is 1. The van der Waals surface area contributed by atoms with Gasteiger partial charge in [-0.05, 0) is 84.8 Å². The summed E-state index contributed by atoms with van der Waals surface area (Å²) >= 11 is 16.0. The number of ether oxygens (including phenoxy) is 2. The summed E-state index contributed by atoms with van der Waals surface area (Å²) < 4.78 is 12.5. The van der Waals surface area contributed by atoms with E-state index in [4.69, 9.17) is 33.3 Å². The lowest BCUT2D eigenvalue weighted by molar-refractivity contribution is -0.123. The second kappa shape index (κ2) is 10.7. The van der Waals surface area contributed by atoms with Crippen LogP contribution < -0.4 is 14.9 Å². The zero-order chi connectivity index (χ0) is 23.4. The topological polar surface area (TPSA) is 67.9 Å². The maximum Gasteiger partial charge on any atom is 0.285 e. The van der Waals surface area contributed by atoms with Crippen molar-refractivity contribution in [2.45, 2.75) is 26.9 Å². The van der Waals surface area contributed by atoms with Crippen LogP contribution in [0.25, 0.3) is 6.08 Å². The molecule has 168 valence electrons. The number of hydrogen-bond acceptors (Lipinski definition) is 6. The van der Waals surface area contributed by atoms with Gasteiger partial charge in [0.25, 0.3) is 11.8 Å². The van der Waals surface area contributed by atoms with Gasteiger partial charge in [-0.2, -0.15) is 5.01 Å². The van der Waals surface area contributed by atoms with Crippen LogP contribution in [-0.2, 0) is 4.79 Å². The fourth-order valence-corrected chi connectivity index (χ4v) is 4.76. The number of rotatable bonds is 7. The molecule has 1 N–H and O–H groups in total. The van der Waals surface area contributed by atoms with Gasteiger partial charge in [0.2, 0.25) is 0 Å². The Kier molecular flexibility index (Phi) is 8.21. The van der Waals surface area contributed by atoms with E-state index in [0.717, 1.165) is 22.3 Å². The molecule has 6 nitrogen and oxygen atoms in total. The Morgan fingerprint density at radius 3 is 2.72 bits per heavy atom. The zero-order valence-electron chi connectivity index (χ0n) is 17.5. The van der Waals surface area contributed by atoms with Crippen LogP contribution in [0.5, 0.6) is 11.5 Å². The van der Waals surface area contributed by atoms with E-state index in [0.29, 0.717) is 27.5 Å². The molecule has 0 radical (unpaired) electrons. The monoisotopic (exact) mass is 554 g/mol. The predicted octanol–water partition coefficient (Wildman–Crippen LogP) is 5.83. The summed E-state index contributed by atoms with van der Waals surface area (Å²) in [6.45, 7) is 6.20. The average molecular weight is 556 g/mol. The van der Waals surface area contributed by atoms with E-state index in [1.807, 2.05) is 26.8 Å². The first-order chi connectivity index (χ1) is 15.2. The summed E-state index contributed by atoms with van der Waals surface area (Å²) in [4.78, 5) is 25.8. The second-order valence-electron chi connectivity index (χ2n) is 6.87. The molecule has 2 amide bonds. The molecule has 0 spiro atoms. The number of hydrogen-bond donors (Lipinski definition) is 1. The van der Waals surface area contributed by atoms with E-state index >= 15 is 0 Å². The molecule has 0 saturated carbocycles. The molecule has 2 aromatic rings. The molecule has 0 unspecified atom stereocenters. The molecule has 0 aromatic heterocycles. The van der Waals surface area contributed by atoms with Gasteiger partial charge in [0, 0.05) is 0 Å². The van der Waals surface area contributed by atoms with Crippen molar-refractivity contribution in [3.8, 4) is 11.5 Å². The lowest BCUT2D eigenvalue weighted by Crippen LogP contribution is -2.44. The highest BCUT2D eigenvalue weighted by atomic mass is 79.9. The molecule has 1 heterocycles. The number of nitrogens with one attached hydrogen (secondary N) is 1. The van der Waals surface area contributed by atoms with Crippen molar-refractivity contribution in [2.75, 3.05) is 6.61 Å². The molecule has 32 heavy (non-hydrogen) atoms. The van der Waals surface area contributed by atoms with Crippen LogP contribution in [0.1, 0.15) is 36.7 Å². The van der Waals surface area contributed by atoms with Crippen molar-refractivity contribution in [3.63, 3.8) is 0 Å². The van der Waals surface area contributed by atoms with Crippen molar-refractivity contribution in [1.29, 1.82) is 0 Å². The lowest BCUT2D eigenvalue weighted by Gasteiger charge is -2.17. The van der Waals surface area contributed by atoms with Crippen molar-refractivity contribution >= 4 is 73.7 Å². The van der Waals surface area contributed by atoms with E-state index in [-0.39, 0.29) is 21.0 Å². The zero-order valence-corrected chi connectivity index (χ0v) is 21.5. The smallest absolute Gasteiger partial charge is 0.285 e. The Bertz CT molecular complexity index is 1110. The Balaban J connectivity index is 1.85. The highest BCUT2D eigenvalue weighted by molar-refractivity contribution is 9.10. The van der Waals surface area contributed by atoms with E-state index in [1.165, 1.54) is 0 Å². The molecule has 10 heteroatoms. The molecule has 1 saturated heterocycles. The van der Waals surface area contributed by atoms with Gasteiger partial charge in [-0.1, -0.05) is 35.5 Å². The largest absolute Gasteiger partial charge is 0.490 e. The van der Waals surface area contributed by atoms with Crippen LogP contribution >= 0.6 is 51.5 Å². The highest BCUT2D eigenvalue weighted by Crippen LogP contribution is 2.39. The summed E-state index contributed by atoms with van der Waals surface area (Å²) in [5.74, 6) is 0.199. The Labute approximate surface area is 209 Å². The number of carbonyl (C=O) groups excluding carboxylic acids is 2. The highest BCUT2D eigenvalue weighted by Gasteiger charge is 2.34. The van der Waals surface area contributed by atoms with Gasteiger partial charge in [-0.25, -0.2) is 0 Å². The number of amides is 2. The third kappa shape index (κ3) is 5.64. The molecule has 0 bridgehead atoms. The van der Waals surface area contributed by atoms with Crippen LogP contribution in [-0.4, -0.2) is 33.9 Å². The lowest BCUT2D eigenvalue weighted by atomic mass is 10.2. The van der Waals surface area contributed by atoms with Crippen LogP contribution in [0.3, 0.4) is 0 Å². The second-order valence-corrected chi connectivity index (χ2v) is 9.80. The summed E-state index contributed by atoms with van der Waals surface area (Å²) in [5, 5.41) is 1.33. The molecule has 3 rings (SSSR count). The normalized spacial score (nSPS) is 14.9. The summed E-state index contributed by atoms with van der Waals surface area (Å²) in [7, 11) is 0. The molecular formula is C22H20BrClN2O4S2. The number of hydrazine groups is 1. The van der Waals surface area contributed by atoms with Crippen molar-refractivity contribution in [3.05, 3.63) is 61.9 Å². The van der Waals surface area contributed by atoms with Crippen LogP contribution in [0.15, 0.2) is 45.8 Å². The number of thiocarbonyl (C=S) groups is 1. The van der Waals surface area contributed by atoms with E-state index in [1.54, 1.807) is 36.4 Å². The van der Waals surface area contributed by atoms with Gasteiger partial charge in [0.15, 0.2) is 15.8 Å². The minimum absolute atomic E-state index is 0.0330. The van der Waals surface area contributed by atoms with E-state index in [9.17, 15) is 9.59 Å². The summed E-state index contributed by atoms with van der Waals surface area (Å²) in [6, 6.07) is 10.2. The minimum atomic E-state index is -0.523. The Hall–Kier alpha value is -2.07. The van der Waals surface area contributed by atoms with Gasteiger partial charge in [-0.15, -0.1) is 0 Å². The Morgan fingerprint density at radius 1 is 1.34 bits per heavy atom. The first kappa shape index (κ1) is 24.6. The number of benzene rings is 2. The molecule has 2 aromatic carbocycles. The minimum Gasteiger partial charge on any atom is -0.490 e. The van der Waals surface area contributed by atoms with Crippen molar-refractivity contribution in [2.24, 2.45) is 0 Å². The fraction of sp³-hybridized carbons (Fsp3) is 0.227.